The zero-order valence-electron chi connectivity index (χ0n) is 35.6. The van der Waals surface area contributed by atoms with Gasteiger partial charge in [-0.1, -0.05) is 91.0 Å². The first-order valence-electron chi connectivity index (χ1n) is 20.9. The summed E-state index contributed by atoms with van der Waals surface area (Å²) < 4.78 is 18.4. The number of aldehydes is 2. The van der Waals surface area contributed by atoms with Crippen LogP contribution in [0.2, 0.25) is 0 Å². The van der Waals surface area contributed by atoms with Gasteiger partial charge in [0.25, 0.3) is 0 Å². The standard InChI is InChI=1S/C58H45NO5/c1-4-50(25-16-42(3)47-8-5-11-56(36-47)63-54-32-17-43(39-60)18-33-54)59(51-26-21-45(22-27-51)48-9-6-12-57(37-48)62-53-30-14-41(2)15-31-53)52-28-23-46(24-29-52)49-10-7-13-58(38-49)64-55-34-19-44(40-61)20-35-55/h4-40H,1H2,2-3H3/b42-16+,50-25+. The van der Waals surface area contributed by atoms with Crippen LogP contribution in [0.1, 0.15) is 38.8 Å². The molecule has 0 unspecified atom stereocenters. The number of carbonyl (C=O) groups excluding carboxylic acids is 2. The van der Waals surface area contributed by atoms with Crippen molar-refractivity contribution in [2.24, 2.45) is 0 Å². The van der Waals surface area contributed by atoms with Crippen LogP contribution in [0.4, 0.5) is 11.4 Å². The van der Waals surface area contributed by atoms with Gasteiger partial charge in [0.1, 0.15) is 47.1 Å². The van der Waals surface area contributed by atoms with Crippen molar-refractivity contribution >= 4 is 29.5 Å². The molecule has 8 rings (SSSR count). The van der Waals surface area contributed by atoms with Crippen molar-refractivity contribution in [3.05, 3.63) is 247 Å². The molecule has 8 aromatic carbocycles. The Labute approximate surface area is 374 Å². The second-order valence-electron chi connectivity index (χ2n) is 15.2. The van der Waals surface area contributed by atoms with Crippen LogP contribution in [-0.2, 0) is 0 Å². The number of ether oxygens (including phenoxy) is 3. The van der Waals surface area contributed by atoms with Gasteiger partial charge in [-0.05, 0) is 181 Å². The molecule has 0 aliphatic heterocycles. The molecule has 0 bridgehead atoms. The molecule has 0 fully saturated rings. The van der Waals surface area contributed by atoms with Gasteiger partial charge in [0.05, 0.1) is 0 Å². The van der Waals surface area contributed by atoms with Gasteiger partial charge in [0.15, 0.2) is 0 Å². The van der Waals surface area contributed by atoms with Crippen molar-refractivity contribution in [2.45, 2.75) is 13.8 Å². The summed E-state index contributed by atoms with van der Waals surface area (Å²) in [5.74, 6) is 4.24. The largest absolute Gasteiger partial charge is 0.457 e. The van der Waals surface area contributed by atoms with Crippen LogP contribution < -0.4 is 19.1 Å². The van der Waals surface area contributed by atoms with Gasteiger partial charge in [-0.3, -0.25) is 9.59 Å². The Balaban J connectivity index is 1.09. The number of anilines is 2. The fraction of sp³-hybridized carbons (Fsp3) is 0.0345. The zero-order chi connectivity index (χ0) is 44.3. The number of rotatable bonds is 16. The molecule has 0 spiro atoms. The van der Waals surface area contributed by atoms with Crippen molar-refractivity contribution in [1.82, 2.24) is 0 Å². The maximum absolute atomic E-state index is 11.1. The van der Waals surface area contributed by atoms with Gasteiger partial charge in [-0.15, -0.1) is 0 Å². The zero-order valence-corrected chi connectivity index (χ0v) is 35.6. The maximum atomic E-state index is 11.1. The van der Waals surface area contributed by atoms with Crippen molar-refractivity contribution in [2.75, 3.05) is 4.90 Å². The fourth-order valence-corrected chi connectivity index (χ4v) is 7.12. The predicted octanol–water partition coefficient (Wildman–Crippen LogP) is 15.6. The number of benzene rings is 8. The lowest BCUT2D eigenvalue weighted by Crippen LogP contribution is -2.15. The molecule has 0 N–H and O–H groups in total. The van der Waals surface area contributed by atoms with Crippen molar-refractivity contribution in [3.63, 3.8) is 0 Å². The number of hydrogen-bond acceptors (Lipinski definition) is 6. The monoisotopic (exact) mass is 835 g/mol. The molecule has 0 amide bonds. The third kappa shape index (κ3) is 10.5. The smallest absolute Gasteiger partial charge is 0.150 e. The molecule has 0 aromatic heterocycles. The highest BCUT2D eigenvalue weighted by Crippen LogP contribution is 2.36. The summed E-state index contributed by atoms with van der Waals surface area (Å²) in [6.07, 6.45) is 7.65. The second-order valence-corrected chi connectivity index (χ2v) is 15.2. The maximum Gasteiger partial charge on any atom is 0.150 e. The third-order valence-electron chi connectivity index (χ3n) is 10.6. The van der Waals surface area contributed by atoms with E-state index in [-0.39, 0.29) is 0 Å². The second kappa shape index (κ2) is 19.9. The van der Waals surface area contributed by atoms with E-state index in [1.165, 1.54) is 5.56 Å². The van der Waals surface area contributed by atoms with Gasteiger partial charge < -0.3 is 19.1 Å². The average Bonchev–Trinajstić information content (AvgIpc) is 3.34. The number of nitrogens with zero attached hydrogens (tertiary/aromatic N) is 1. The molecule has 0 saturated carbocycles. The first-order valence-corrected chi connectivity index (χ1v) is 20.9. The lowest BCUT2D eigenvalue weighted by molar-refractivity contribution is 0.111. The highest BCUT2D eigenvalue weighted by Gasteiger charge is 2.15. The van der Waals surface area contributed by atoms with E-state index in [1.54, 1.807) is 48.5 Å². The summed E-state index contributed by atoms with van der Waals surface area (Å²) in [5, 5.41) is 0. The predicted molar refractivity (Wildman–Crippen MR) is 259 cm³/mol. The summed E-state index contributed by atoms with van der Waals surface area (Å²) in [7, 11) is 0. The van der Waals surface area contributed by atoms with E-state index in [0.717, 1.165) is 74.5 Å². The van der Waals surface area contributed by atoms with Crippen molar-refractivity contribution in [1.29, 1.82) is 0 Å². The Morgan fingerprint density at radius 3 is 1.31 bits per heavy atom. The summed E-state index contributed by atoms with van der Waals surface area (Å²) in [6, 6.07) is 63.0. The van der Waals surface area contributed by atoms with Crippen LogP contribution in [-0.4, -0.2) is 12.6 Å². The van der Waals surface area contributed by atoms with Crippen molar-refractivity contribution < 1.29 is 23.8 Å². The van der Waals surface area contributed by atoms with Gasteiger partial charge in [0.2, 0.25) is 0 Å². The van der Waals surface area contributed by atoms with Gasteiger partial charge in [0, 0.05) is 28.2 Å². The van der Waals surface area contributed by atoms with Crippen LogP contribution in [0.3, 0.4) is 0 Å². The molecule has 0 saturated heterocycles. The molecule has 312 valence electrons. The molecule has 8 aromatic rings. The van der Waals surface area contributed by atoms with Crippen LogP contribution in [0.5, 0.6) is 34.5 Å². The molecule has 0 aliphatic rings. The summed E-state index contributed by atoms with van der Waals surface area (Å²) >= 11 is 0. The minimum atomic E-state index is 0.594. The van der Waals surface area contributed by atoms with Gasteiger partial charge in [-0.2, -0.15) is 0 Å². The lowest BCUT2D eigenvalue weighted by Gasteiger charge is -2.27. The molecule has 6 nitrogen and oxygen atoms in total. The lowest BCUT2D eigenvalue weighted by atomic mass is 10.0. The molecular formula is C58H45NO5. The van der Waals surface area contributed by atoms with E-state index in [9.17, 15) is 9.59 Å². The Bertz CT molecular complexity index is 2950. The molecular weight excluding hydrogens is 791 g/mol. The summed E-state index contributed by atoms with van der Waals surface area (Å²) in [5.41, 5.74) is 11.3. The molecule has 0 radical (unpaired) electrons. The SMILES string of the molecule is C=C/C(=C\C=C(/C)c1cccc(Oc2ccc(C=O)cc2)c1)N(c1ccc(-c2cccc(Oc3ccc(C)cc3)c2)cc1)c1ccc(-c2cccc(Oc3ccc(C=O)cc3)c2)cc1. The molecule has 0 heterocycles. The Morgan fingerprint density at radius 1 is 0.453 bits per heavy atom. The van der Waals surface area contributed by atoms with E-state index in [1.807, 2.05) is 78.9 Å². The van der Waals surface area contributed by atoms with Gasteiger partial charge in [-0.25, -0.2) is 0 Å². The van der Waals surface area contributed by atoms with E-state index in [0.29, 0.717) is 34.1 Å². The minimum Gasteiger partial charge on any atom is -0.457 e. The van der Waals surface area contributed by atoms with Crippen LogP contribution in [0.25, 0.3) is 27.8 Å². The summed E-state index contributed by atoms with van der Waals surface area (Å²) in [4.78, 5) is 24.4. The average molecular weight is 836 g/mol. The quantitative estimate of drug-likeness (QED) is 0.0713. The molecule has 0 aliphatic carbocycles. The first kappa shape index (κ1) is 42.2. The Hall–Kier alpha value is -8.48. The van der Waals surface area contributed by atoms with E-state index >= 15 is 0 Å². The highest BCUT2D eigenvalue weighted by molar-refractivity contribution is 5.78. The molecule has 0 atom stereocenters. The topological polar surface area (TPSA) is 65.1 Å². The fourth-order valence-electron chi connectivity index (χ4n) is 7.12. The normalized spacial score (nSPS) is 11.3. The highest BCUT2D eigenvalue weighted by atomic mass is 16.5. The first-order chi connectivity index (χ1) is 31.3. The Morgan fingerprint density at radius 2 is 0.875 bits per heavy atom. The number of aryl methyl sites for hydroxylation is 1. The van der Waals surface area contributed by atoms with E-state index in [2.05, 4.69) is 110 Å². The van der Waals surface area contributed by atoms with E-state index in [4.69, 9.17) is 14.2 Å². The molecule has 64 heavy (non-hydrogen) atoms. The molecule has 6 heteroatoms. The van der Waals surface area contributed by atoms with Crippen LogP contribution in [0, 0.1) is 6.92 Å². The third-order valence-corrected chi connectivity index (χ3v) is 10.6. The summed E-state index contributed by atoms with van der Waals surface area (Å²) in [6.45, 7) is 8.39. The van der Waals surface area contributed by atoms with Crippen LogP contribution >= 0.6 is 0 Å². The number of carbonyl (C=O) groups is 2. The number of hydrogen-bond donors (Lipinski definition) is 0. The van der Waals surface area contributed by atoms with Crippen molar-refractivity contribution in [3.8, 4) is 56.8 Å². The van der Waals surface area contributed by atoms with Gasteiger partial charge >= 0.3 is 0 Å². The van der Waals surface area contributed by atoms with Crippen LogP contribution in [0.15, 0.2) is 225 Å². The number of allylic oxidation sites excluding steroid dienone is 4. The minimum absolute atomic E-state index is 0.594. The van der Waals surface area contributed by atoms with E-state index < -0.39 is 0 Å². The Kier molecular flexibility index (Phi) is 13.1.